The molecule has 0 aromatic carbocycles. The topological polar surface area (TPSA) is 34.0 Å². The second-order valence-electron chi connectivity index (χ2n) is 5.45. The van der Waals surface area contributed by atoms with Gasteiger partial charge in [-0.1, -0.05) is 26.2 Å². The van der Waals surface area contributed by atoms with Gasteiger partial charge >= 0.3 is 0 Å². The van der Waals surface area contributed by atoms with E-state index in [1.54, 1.807) is 0 Å². The summed E-state index contributed by atoms with van der Waals surface area (Å²) < 4.78 is 3.00. The third-order valence-corrected chi connectivity index (χ3v) is 4.27. The highest BCUT2D eigenvalue weighted by Gasteiger charge is 2.17. The Labute approximate surface area is 123 Å². The number of rotatable bonds is 5. The van der Waals surface area contributed by atoms with Crippen LogP contribution in [-0.4, -0.2) is 17.0 Å². The zero-order valence-electron chi connectivity index (χ0n) is 11.6. The standard InChI is InChI=1S/C15H23BrN2O/c1-2-8-18-11-13(16)9-14(18)15(19)17-10-12-6-4-3-5-7-12/h9,11-12H,2-8,10H2,1H3,(H,17,19). The number of nitrogens with one attached hydrogen (secondary N) is 1. The molecule has 0 bridgehead atoms. The minimum absolute atomic E-state index is 0.0599. The average Bonchev–Trinajstić information content (AvgIpc) is 2.79. The van der Waals surface area contributed by atoms with Crippen LogP contribution in [0.1, 0.15) is 55.9 Å². The van der Waals surface area contributed by atoms with Crippen molar-refractivity contribution in [2.75, 3.05) is 6.54 Å². The lowest BCUT2D eigenvalue weighted by Crippen LogP contribution is -2.31. The molecule has 1 saturated carbocycles. The van der Waals surface area contributed by atoms with E-state index in [9.17, 15) is 4.79 Å². The predicted octanol–water partition coefficient (Wildman–Crippen LogP) is 3.97. The first-order valence-electron chi connectivity index (χ1n) is 7.34. The van der Waals surface area contributed by atoms with E-state index in [1.165, 1.54) is 32.1 Å². The lowest BCUT2D eigenvalue weighted by atomic mass is 9.89. The van der Waals surface area contributed by atoms with Gasteiger partial charge in [-0.15, -0.1) is 0 Å². The van der Waals surface area contributed by atoms with Crippen molar-refractivity contribution < 1.29 is 4.79 Å². The predicted molar refractivity (Wildman–Crippen MR) is 81.3 cm³/mol. The Balaban J connectivity index is 1.91. The van der Waals surface area contributed by atoms with Gasteiger partial charge in [0.2, 0.25) is 0 Å². The first-order chi connectivity index (χ1) is 9.20. The molecule has 1 amide bonds. The van der Waals surface area contributed by atoms with Gasteiger partial charge in [0.15, 0.2) is 0 Å². The molecule has 0 atom stereocenters. The highest BCUT2D eigenvalue weighted by Crippen LogP contribution is 2.23. The Bertz CT molecular complexity index is 422. The Morgan fingerprint density at radius 2 is 2.16 bits per heavy atom. The maximum Gasteiger partial charge on any atom is 0.267 e. The molecule has 0 spiro atoms. The molecule has 4 heteroatoms. The maximum atomic E-state index is 12.2. The lowest BCUT2D eigenvalue weighted by molar-refractivity contribution is 0.0934. The van der Waals surface area contributed by atoms with Crippen molar-refractivity contribution in [3.05, 3.63) is 22.4 Å². The summed E-state index contributed by atoms with van der Waals surface area (Å²) in [4.78, 5) is 12.2. The second-order valence-corrected chi connectivity index (χ2v) is 6.37. The van der Waals surface area contributed by atoms with Crippen LogP contribution in [0.15, 0.2) is 16.7 Å². The summed E-state index contributed by atoms with van der Waals surface area (Å²) in [5.41, 5.74) is 0.768. The number of aryl methyl sites for hydroxylation is 1. The normalized spacial score (nSPS) is 16.5. The first kappa shape index (κ1) is 14.6. The van der Waals surface area contributed by atoms with E-state index in [2.05, 4.69) is 28.2 Å². The fourth-order valence-corrected chi connectivity index (χ4v) is 3.27. The van der Waals surface area contributed by atoms with E-state index in [-0.39, 0.29) is 5.91 Å². The minimum atomic E-state index is 0.0599. The van der Waals surface area contributed by atoms with Gasteiger partial charge in [-0.25, -0.2) is 0 Å². The summed E-state index contributed by atoms with van der Waals surface area (Å²) in [6.07, 6.45) is 9.54. The molecule has 1 N–H and O–H groups in total. The fraction of sp³-hybridized carbons (Fsp3) is 0.667. The number of carbonyl (C=O) groups excluding carboxylic acids is 1. The Kier molecular flexibility index (Phi) is 5.49. The summed E-state index contributed by atoms with van der Waals surface area (Å²) in [6, 6.07) is 1.91. The molecule has 106 valence electrons. The fourth-order valence-electron chi connectivity index (χ4n) is 2.81. The van der Waals surface area contributed by atoms with Crippen molar-refractivity contribution >= 4 is 21.8 Å². The number of hydrogen-bond acceptors (Lipinski definition) is 1. The van der Waals surface area contributed by atoms with Gasteiger partial charge in [-0.2, -0.15) is 0 Å². The number of carbonyl (C=O) groups is 1. The van der Waals surface area contributed by atoms with Crippen molar-refractivity contribution in [3.63, 3.8) is 0 Å². The van der Waals surface area contributed by atoms with E-state index in [4.69, 9.17) is 0 Å². The van der Waals surface area contributed by atoms with Crippen molar-refractivity contribution in [2.45, 2.75) is 52.0 Å². The van der Waals surface area contributed by atoms with Gasteiger partial charge < -0.3 is 9.88 Å². The monoisotopic (exact) mass is 326 g/mol. The highest BCUT2D eigenvalue weighted by atomic mass is 79.9. The maximum absolute atomic E-state index is 12.2. The zero-order chi connectivity index (χ0) is 13.7. The summed E-state index contributed by atoms with van der Waals surface area (Å²) in [6.45, 7) is 3.84. The molecule has 19 heavy (non-hydrogen) atoms. The van der Waals surface area contributed by atoms with Crippen LogP contribution in [0.2, 0.25) is 0 Å². The summed E-state index contributed by atoms with van der Waals surface area (Å²) in [5, 5.41) is 3.10. The van der Waals surface area contributed by atoms with Crippen LogP contribution < -0.4 is 5.32 Å². The largest absolute Gasteiger partial charge is 0.350 e. The summed E-state index contributed by atoms with van der Waals surface area (Å²) in [7, 11) is 0. The summed E-state index contributed by atoms with van der Waals surface area (Å²) in [5.74, 6) is 0.737. The number of aromatic nitrogens is 1. The van der Waals surface area contributed by atoms with Gasteiger partial charge in [0.1, 0.15) is 5.69 Å². The van der Waals surface area contributed by atoms with Crippen LogP contribution in [0.25, 0.3) is 0 Å². The highest BCUT2D eigenvalue weighted by molar-refractivity contribution is 9.10. The van der Waals surface area contributed by atoms with Crippen molar-refractivity contribution in [2.24, 2.45) is 5.92 Å². The van der Waals surface area contributed by atoms with Gasteiger partial charge in [-0.3, -0.25) is 4.79 Å². The molecule has 0 saturated heterocycles. The third kappa shape index (κ3) is 4.10. The summed E-state index contributed by atoms with van der Waals surface area (Å²) >= 11 is 3.45. The molecule has 1 aliphatic carbocycles. The smallest absolute Gasteiger partial charge is 0.267 e. The van der Waals surface area contributed by atoms with Crippen molar-refractivity contribution in [3.8, 4) is 0 Å². The van der Waals surface area contributed by atoms with E-state index < -0.39 is 0 Å². The van der Waals surface area contributed by atoms with Crippen molar-refractivity contribution in [1.29, 1.82) is 0 Å². The Morgan fingerprint density at radius 3 is 2.84 bits per heavy atom. The quantitative estimate of drug-likeness (QED) is 0.872. The molecule has 1 aromatic heterocycles. The average molecular weight is 327 g/mol. The molecule has 0 aliphatic heterocycles. The molecule has 2 rings (SSSR count). The molecule has 1 heterocycles. The van der Waals surface area contributed by atoms with E-state index in [0.717, 1.165) is 29.7 Å². The van der Waals surface area contributed by atoms with Crippen LogP contribution in [-0.2, 0) is 6.54 Å². The number of amides is 1. The minimum Gasteiger partial charge on any atom is -0.350 e. The van der Waals surface area contributed by atoms with Gasteiger partial charge in [0.05, 0.1) is 0 Å². The van der Waals surface area contributed by atoms with Gasteiger partial charge in [0, 0.05) is 23.8 Å². The lowest BCUT2D eigenvalue weighted by Gasteiger charge is -2.21. The number of halogens is 1. The van der Waals surface area contributed by atoms with E-state index >= 15 is 0 Å². The molecule has 0 radical (unpaired) electrons. The zero-order valence-corrected chi connectivity index (χ0v) is 13.2. The Morgan fingerprint density at radius 1 is 1.42 bits per heavy atom. The van der Waals surface area contributed by atoms with Crippen LogP contribution in [0.5, 0.6) is 0 Å². The molecule has 3 nitrogen and oxygen atoms in total. The van der Waals surface area contributed by atoms with Crippen LogP contribution in [0.3, 0.4) is 0 Å². The van der Waals surface area contributed by atoms with Crippen molar-refractivity contribution in [1.82, 2.24) is 9.88 Å². The van der Waals surface area contributed by atoms with E-state index in [1.807, 2.05) is 16.8 Å². The SMILES string of the molecule is CCCn1cc(Br)cc1C(=O)NCC1CCCCC1. The molecular formula is C15H23BrN2O. The molecule has 0 unspecified atom stereocenters. The first-order valence-corrected chi connectivity index (χ1v) is 8.14. The Hall–Kier alpha value is -0.770. The van der Waals surface area contributed by atoms with Crippen LogP contribution >= 0.6 is 15.9 Å². The molecular weight excluding hydrogens is 304 g/mol. The number of nitrogens with zero attached hydrogens (tertiary/aromatic N) is 1. The second kappa shape index (κ2) is 7.13. The molecule has 1 fully saturated rings. The van der Waals surface area contributed by atoms with E-state index in [0.29, 0.717) is 5.92 Å². The number of hydrogen-bond donors (Lipinski definition) is 1. The van der Waals surface area contributed by atoms with Crippen LogP contribution in [0.4, 0.5) is 0 Å². The molecule has 1 aromatic rings. The van der Waals surface area contributed by atoms with Crippen LogP contribution in [0, 0.1) is 5.92 Å². The third-order valence-electron chi connectivity index (χ3n) is 3.84. The molecule has 1 aliphatic rings. The van der Waals surface area contributed by atoms with Gasteiger partial charge in [-0.05, 0) is 47.2 Å². The van der Waals surface area contributed by atoms with Gasteiger partial charge in [0.25, 0.3) is 5.91 Å².